The first-order chi connectivity index (χ1) is 14.1. The van der Waals surface area contributed by atoms with Gasteiger partial charge >= 0.3 is 11.9 Å². The van der Waals surface area contributed by atoms with Crippen LogP contribution in [0.1, 0.15) is 91.4 Å². The average Bonchev–Trinajstić information content (AvgIpc) is 3.04. The summed E-state index contributed by atoms with van der Waals surface area (Å²) >= 11 is 0. The molecule has 0 aromatic heterocycles. The van der Waals surface area contributed by atoms with Crippen LogP contribution in [0.2, 0.25) is 0 Å². The Balaban J connectivity index is 1.42. The molecule has 0 radical (unpaired) electrons. The van der Waals surface area contributed by atoms with Crippen LogP contribution < -0.4 is 0 Å². The number of esters is 1. The van der Waals surface area contributed by atoms with Crippen molar-refractivity contribution in [2.24, 2.45) is 40.4 Å². The van der Waals surface area contributed by atoms with E-state index in [4.69, 9.17) is 9.84 Å². The monoisotopic (exact) mass is 418 g/mol. The largest absolute Gasteiger partial charge is 0.481 e. The third-order valence-corrected chi connectivity index (χ3v) is 9.95. The van der Waals surface area contributed by atoms with Crippen LogP contribution in [0.25, 0.3) is 0 Å². The second kappa shape index (κ2) is 7.94. The Kier molecular flexibility index (Phi) is 5.78. The van der Waals surface area contributed by atoms with Gasteiger partial charge in [-0.15, -0.1) is 0 Å². The van der Waals surface area contributed by atoms with Gasteiger partial charge in [0.25, 0.3) is 0 Å². The number of carboxylic acid groups (broad SMARTS) is 1. The summed E-state index contributed by atoms with van der Waals surface area (Å²) in [6.45, 7) is 6.67. The van der Waals surface area contributed by atoms with Crippen LogP contribution >= 0.6 is 0 Å². The summed E-state index contributed by atoms with van der Waals surface area (Å²) in [6, 6.07) is 0. The van der Waals surface area contributed by atoms with Crippen molar-refractivity contribution < 1.29 is 24.2 Å². The van der Waals surface area contributed by atoms with Crippen LogP contribution in [0.3, 0.4) is 0 Å². The molecule has 0 aromatic carbocycles. The summed E-state index contributed by atoms with van der Waals surface area (Å²) in [5.41, 5.74) is 0.510. The Hall–Kier alpha value is -1.39. The third-order valence-electron chi connectivity index (χ3n) is 9.95. The van der Waals surface area contributed by atoms with Gasteiger partial charge in [-0.2, -0.15) is 0 Å². The molecule has 0 bridgehead atoms. The van der Waals surface area contributed by atoms with Gasteiger partial charge in [0.2, 0.25) is 0 Å². The molecule has 0 aliphatic heterocycles. The summed E-state index contributed by atoms with van der Waals surface area (Å²) in [7, 11) is 0. The van der Waals surface area contributed by atoms with Gasteiger partial charge in [-0.3, -0.25) is 14.4 Å². The lowest BCUT2D eigenvalue weighted by Gasteiger charge is -2.61. The molecule has 4 fully saturated rings. The summed E-state index contributed by atoms with van der Waals surface area (Å²) in [5, 5.41) is 8.77. The Bertz CT molecular complexity index is 716. The van der Waals surface area contributed by atoms with E-state index in [0.29, 0.717) is 23.0 Å². The van der Waals surface area contributed by atoms with Gasteiger partial charge < -0.3 is 9.84 Å². The second-order valence-corrected chi connectivity index (χ2v) is 11.2. The van der Waals surface area contributed by atoms with Crippen LogP contribution in [0, 0.1) is 40.4 Å². The van der Waals surface area contributed by atoms with Crippen molar-refractivity contribution in [3.8, 4) is 0 Å². The Morgan fingerprint density at radius 2 is 1.60 bits per heavy atom. The summed E-state index contributed by atoms with van der Waals surface area (Å²) in [5.74, 6) is 2.07. The molecule has 4 saturated carbocycles. The van der Waals surface area contributed by atoms with E-state index in [-0.39, 0.29) is 36.2 Å². The predicted molar refractivity (Wildman–Crippen MR) is 113 cm³/mol. The molecular formula is C25H38O5. The van der Waals surface area contributed by atoms with E-state index in [2.05, 4.69) is 13.8 Å². The molecule has 5 heteroatoms. The molecule has 8 atom stereocenters. The van der Waals surface area contributed by atoms with Crippen molar-refractivity contribution in [2.75, 3.05) is 0 Å². The van der Waals surface area contributed by atoms with E-state index in [1.54, 1.807) is 6.92 Å². The number of hydrogen-bond acceptors (Lipinski definition) is 4. The fraction of sp³-hybridized carbons (Fsp3) is 0.880. The number of ether oxygens (including phenoxy) is 1. The van der Waals surface area contributed by atoms with Crippen molar-refractivity contribution in [1.82, 2.24) is 0 Å². The van der Waals surface area contributed by atoms with E-state index in [0.717, 1.165) is 37.5 Å². The van der Waals surface area contributed by atoms with Crippen molar-refractivity contribution in [3.63, 3.8) is 0 Å². The number of hydrogen-bond donors (Lipinski definition) is 1. The van der Waals surface area contributed by atoms with Crippen molar-refractivity contribution in [3.05, 3.63) is 0 Å². The first-order valence-electron chi connectivity index (χ1n) is 12.1. The molecule has 0 aromatic rings. The minimum Gasteiger partial charge on any atom is -0.481 e. The quantitative estimate of drug-likeness (QED) is 0.635. The van der Waals surface area contributed by atoms with Gasteiger partial charge in [0.05, 0.1) is 12.8 Å². The summed E-state index contributed by atoms with van der Waals surface area (Å²) in [4.78, 5) is 35.0. The SMILES string of the molecule is CC(=O)[C@@H]1CC[C@@H]2[C@H]3CC[C@H]4C[C@H](OC(=O)CCC(=O)O)CC[C@]4(C)[C@@H]3CC[C@@]21C. The molecule has 0 heterocycles. The van der Waals surface area contributed by atoms with E-state index in [9.17, 15) is 14.4 Å². The van der Waals surface area contributed by atoms with Crippen LogP contribution in [0.5, 0.6) is 0 Å². The molecule has 0 amide bonds. The molecular weight excluding hydrogens is 380 g/mol. The van der Waals surface area contributed by atoms with Crippen molar-refractivity contribution in [1.29, 1.82) is 0 Å². The molecule has 0 saturated heterocycles. The number of Topliss-reactive ketones (excluding diaryl/α,β-unsaturated/α-hetero) is 1. The fourth-order valence-corrected chi connectivity index (χ4v) is 8.45. The van der Waals surface area contributed by atoms with E-state index in [1.807, 2.05) is 0 Å². The Morgan fingerprint density at radius 3 is 2.30 bits per heavy atom. The number of carboxylic acids is 1. The number of carbonyl (C=O) groups excluding carboxylic acids is 2. The van der Waals surface area contributed by atoms with Gasteiger partial charge in [-0.25, -0.2) is 0 Å². The Labute approximate surface area is 180 Å². The van der Waals surface area contributed by atoms with E-state index >= 15 is 0 Å². The first-order valence-corrected chi connectivity index (χ1v) is 12.1. The molecule has 30 heavy (non-hydrogen) atoms. The smallest absolute Gasteiger partial charge is 0.306 e. The van der Waals surface area contributed by atoms with E-state index in [1.165, 1.54) is 32.1 Å². The zero-order valence-electron chi connectivity index (χ0n) is 18.8. The number of rotatable bonds is 5. The average molecular weight is 419 g/mol. The number of aliphatic carboxylic acids is 1. The highest BCUT2D eigenvalue weighted by molar-refractivity contribution is 5.79. The topological polar surface area (TPSA) is 80.7 Å². The summed E-state index contributed by atoms with van der Waals surface area (Å²) in [6.07, 6.45) is 9.82. The van der Waals surface area contributed by atoms with Gasteiger partial charge in [0.15, 0.2) is 0 Å². The molecule has 4 aliphatic carbocycles. The highest BCUT2D eigenvalue weighted by atomic mass is 16.5. The lowest BCUT2D eigenvalue weighted by Crippen LogP contribution is -2.54. The molecule has 0 spiro atoms. The molecule has 5 nitrogen and oxygen atoms in total. The lowest BCUT2D eigenvalue weighted by molar-refractivity contribution is -0.164. The minimum atomic E-state index is -0.954. The third kappa shape index (κ3) is 3.60. The molecule has 4 rings (SSSR count). The maximum atomic E-state index is 12.3. The summed E-state index contributed by atoms with van der Waals surface area (Å²) < 4.78 is 5.66. The standard InChI is InChI=1S/C25H38O5/c1-15(26)19-6-7-20-18-5-4-16-14-17(30-23(29)9-8-22(27)28)10-12-24(16,2)21(18)11-13-25(19,20)3/h16-21H,4-14H2,1-3H3,(H,27,28)/t16-,17+,18+,19-,20+,21+,24-,25+/m0/s1. The predicted octanol–water partition coefficient (Wildman–Crippen LogP) is 5.01. The Morgan fingerprint density at radius 1 is 0.900 bits per heavy atom. The zero-order valence-corrected chi connectivity index (χ0v) is 18.8. The zero-order chi connectivity index (χ0) is 21.7. The maximum Gasteiger partial charge on any atom is 0.306 e. The van der Waals surface area contributed by atoms with Gasteiger partial charge in [-0.1, -0.05) is 13.8 Å². The van der Waals surface area contributed by atoms with Gasteiger partial charge in [-0.05, 0) is 99.2 Å². The van der Waals surface area contributed by atoms with Gasteiger partial charge in [0, 0.05) is 5.92 Å². The van der Waals surface area contributed by atoms with Crippen LogP contribution in [-0.4, -0.2) is 28.9 Å². The molecule has 1 N–H and O–H groups in total. The number of ketones is 1. The first kappa shape index (κ1) is 21.8. The van der Waals surface area contributed by atoms with Crippen molar-refractivity contribution in [2.45, 2.75) is 97.5 Å². The van der Waals surface area contributed by atoms with Gasteiger partial charge in [0.1, 0.15) is 11.9 Å². The fourth-order valence-electron chi connectivity index (χ4n) is 8.45. The lowest BCUT2D eigenvalue weighted by atomic mass is 9.44. The van der Waals surface area contributed by atoms with Crippen molar-refractivity contribution >= 4 is 17.7 Å². The molecule has 4 aliphatic rings. The molecule has 0 unspecified atom stereocenters. The van der Waals surface area contributed by atoms with Crippen LogP contribution in [0.4, 0.5) is 0 Å². The van der Waals surface area contributed by atoms with E-state index < -0.39 is 5.97 Å². The maximum absolute atomic E-state index is 12.3. The second-order valence-electron chi connectivity index (χ2n) is 11.2. The number of carbonyl (C=O) groups is 3. The highest BCUT2D eigenvalue weighted by Crippen LogP contribution is 2.67. The molecule has 168 valence electrons. The normalized spacial score (nSPS) is 45.0. The van der Waals surface area contributed by atoms with Crippen LogP contribution in [-0.2, 0) is 19.1 Å². The minimum absolute atomic E-state index is 0.0317. The highest BCUT2D eigenvalue weighted by Gasteiger charge is 2.60. The number of fused-ring (bicyclic) bond motifs is 5. The van der Waals surface area contributed by atoms with Crippen LogP contribution in [0.15, 0.2) is 0 Å².